The first-order chi connectivity index (χ1) is 4.34. The number of hydrogen-bond acceptors (Lipinski definition) is 1. The summed E-state index contributed by atoms with van der Waals surface area (Å²) in [5, 5.41) is 0. The molecule has 0 aliphatic carbocycles. The lowest BCUT2D eigenvalue weighted by molar-refractivity contribution is 0.327. The SMILES string of the molecule is [CH2]CCCC(C)C1CO1. The Morgan fingerprint density at radius 2 is 2.44 bits per heavy atom. The summed E-state index contributed by atoms with van der Waals surface area (Å²) in [5.41, 5.74) is 0. The molecule has 2 unspecified atom stereocenters. The maximum absolute atomic E-state index is 5.15. The van der Waals surface area contributed by atoms with E-state index in [0.29, 0.717) is 6.10 Å². The van der Waals surface area contributed by atoms with Crippen molar-refractivity contribution in [3.63, 3.8) is 0 Å². The lowest BCUT2D eigenvalue weighted by Crippen LogP contribution is -2.02. The van der Waals surface area contributed by atoms with E-state index in [9.17, 15) is 0 Å². The van der Waals surface area contributed by atoms with Crippen LogP contribution in [0.3, 0.4) is 0 Å². The van der Waals surface area contributed by atoms with Crippen molar-refractivity contribution in [1.82, 2.24) is 0 Å². The van der Waals surface area contributed by atoms with Crippen LogP contribution in [0.4, 0.5) is 0 Å². The Balaban J connectivity index is 1.96. The van der Waals surface area contributed by atoms with Gasteiger partial charge in [-0.3, -0.25) is 0 Å². The molecule has 0 spiro atoms. The predicted octanol–water partition coefficient (Wildman–Crippen LogP) is 2.03. The van der Waals surface area contributed by atoms with E-state index in [1.54, 1.807) is 0 Å². The zero-order valence-corrected chi connectivity index (χ0v) is 6.10. The van der Waals surface area contributed by atoms with Gasteiger partial charge in [-0.15, -0.1) is 0 Å². The molecule has 1 saturated heterocycles. The van der Waals surface area contributed by atoms with Gasteiger partial charge in [-0.1, -0.05) is 26.7 Å². The molecule has 0 aromatic rings. The molecule has 1 heteroatoms. The largest absolute Gasteiger partial charge is 0.373 e. The minimum atomic E-state index is 0.594. The standard InChI is InChI=1S/C8H15O/c1-3-4-5-7(2)8-6-9-8/h7-8H,1,3-6H2,2H3. The van der Waals surface area contributed by atoms with Crippen molar-refractivity contribution in [1.29, 1.82) is 0 Å². The Hall–Kier alpha value is -0.0400. The van der Waals surface area contributed by atoms with E-state index in [4.69, 9.17) is 4.74 Å². The topological polar surface area (TPSA) is 12.5 Å². The van der Waals surface area contributed by atoms with Crippen molar-refractivity contribution in [2.45, 2.75) is 32.3 Å². The molecule has 1 heterocycles. The molecule has 0 bridgehead atoms. The Kier molecular flexibility index (Phi) is 2.52. The molecular formula is C8H15O. The van der Waals surface area contributed by atoms with Crippen molar-refractivity contribution in [2.75, 3.05) is 6.61 Å². The number of rotatable bonds is 4. The van der Waals surface area contributed by atoms with E-state index in [-0.39, 0.29) is 0 Å². The van der Waals surface area contributed by atoms with E-state index in [1.165, 1.54) is 12.8 Å². The molecule has 1 aliphatic heterocycles. The third kappa shape index (κ3) is 2.35. The van der Waals surface area contributed by atoms with Gasteiger partial charge in [0.2, 0.25) is 0 Å². The van der Waals surface area contributed by atoms with E-state index in [1.807, 2.05) is 0 Å². The maximum atomic E-state index is 5.15. The summed E-state index contributed by atoms with van der Waals surface area (Å²) in [7, 11) is 0. The first-order valence-electron chi connectivity index (χ1n) is 3.75. The molecule has 0 saturated carbocycles. The second-order valence-corrected chi connectivity index (χ2v) is 2.84. The fourth-order valence-electron chi connectivity index (χ4n) is 1.04. The Morgan fingerprint density at radius 1 is 1.78 bits per heavy atom. The lowest BCUT2D eigenvalue weighted by atomic mass is 10.0. The normalized spacial score (nSPS) is 28.0. The third-order valence-electron chi connectivity index (χ3n) is 1.90. The first kappa shape index (κ1) is 7.07. The summed E-state index contributed by atoms with van der Waals surface area (Å²) in [6.45, 7) is 7.05. The Labute approximate surface area is 57.4 Å². The summed E-state index contributed by atoms with van der Waals surface area (Å²) in [6, 6.07) is 0. The molecule has 1 nitrogen and oxygen atoms in total. The highest BCUT2D eigenvalue weighted by Gasteiger charge is 2.28. The van der Waals surface area contributed by atoms with Gasteiger partial charge in [0.25, 0.3) is 0 Å². The molecule has 0 amide bonds. The molecule has 0 aromatic carbocycles. The average Bonchev–Trinajstić information content (AvgIpc) is 2.63. The van der Waals surface area contributed by atoms with Gasteiger partial charge < -0.3 is 4.74 Å². The van der Waals surface area contributed by atoms with Crippen LogP contribution in [0.2, 0.25) is 0 Å². The van der Waals surface area contributed by atoms with Gasteiger partial charge in [0.15, 0.2) is 0 Å². The number of hydrogen-bond donors (Lipinski definition) is 0. The fraction of sp³-hybridized carbons (Fsp3) is 0.875. The minimum Gasteiger partial charge on any atom is -0.373 e. The first-order valence-corrected chi connectivity index (χ1v) is 3.75. The summed E-state index contributed by atoms with van der Waals surface area (Å²) >= 11 is 0. The van der Waals surface area contributed by atoms with Crippen LogP contribution in [0.15, 0.2) is 0 Å². The zero-order chi connectivity index (χ0) is 6.69. The van der Waals surface area contributed by atoms with Crippen LogP contribution in [-0.2, 0) is 4.74 Å². The van der Waals surface area contributed by atoms with Crippen LogP contribution in [-0.4, -0.2) is 12.7 Å². The van der Waals surface area contributed by atoms with Gasteiger partial charge in [0.1, 0.15) is 0 Å². The molecule has 1 aliphatic rings. The second-order valence-electron chi connectivity index (χ2n) is 2.84. The number of ether oxygens (including phenoxy) is 1. The third-order valence-corrected chi connectivity index (χ3v) is 1.90. The summed E-state index contributed by atoms with van der Waals surface area (Å²) in [5.74, 6) is 0.770. The molecule has 53 valence electrons. The molecule has 1 radical (unpaired) electrons. The van der Waals surface area contributed by atoms with Gasteiger partial charge in [0.05, 0.1) is 12.7 Å². The van der Waals surface area contributed by atoms with Crippen LogP contribution in [0, 0.1) is 12.8 Å². The van der Waals surface area contributed by atoms with Crippen LogP contribution in [0.25, 0.3) is 0 Å². The van der Waals surface area contributed by atoms with Gasteiger partial charge in [-0.2, -0.15) is 0 Å². The van der Waals surface area contributed by atoms with E-state index in [2.05, 4.69) is 13.8 Å². The molecule has 1 fully saturated rings. The van der Waals surface area contributed by atoms with Crippen LogP contribution in [0.1, 0.15) is 26.2 Å². The van der Waals surface area contributed by atoms with Crippen molar-refractivity contribution >= 4 is 0 Å². The monoisotopic (exact) mass is 127 g/mol. The highest BCUT2D eigenvalue weighted by Crippen LogP contribution is 2.23. The predicted molar refractivity (Wildman–Crippen MR) is 38.1 cm³/mol. The highest BCUT2D eigenvalue weighted by molar-refractivity contribution is 4.75. The summed E-state index contributed by atoms with van der Waals surface area (Å²) in [6.07, 6.45) is 4.20. The Morgan fingerprint density at radius 3 is 2.89 bits per heavy atom. The molecular weight excluding hydrogens is 112 g/mol. The highest BCUT2D eigenvalue weighted by atomic mass is 16.6. The molecule has 0 N–H and O–H groups in total. The number of epoxide rings is 1. The molecule has 0 aromatic heterocycles. The maximum Gasteiger partial charge on any atom is 0.0835 e. The van der Waals surface area contributed by atoms with E-state index < -0.39 is 0 Å². The van der Waals surface area contributed by atoms with Crippen LogP contribution in [0.5, 0.6) is 0 Å². The molecule has 1 rings (SSSR count). The smallest absolute Gasteiger partial charge is 0.0835 e. The van der Waals surface area contributed by atoms with Crippen molar-refractivity contribution in [3.05, 3.63) is 6.92 Å². The van der Waals surface area contributed by atoms with Gasteiger partial charge in [0, 0.05) is 0 Å². The van der Waals surface area contributed by atoms with Crippen molar-refractivity contribution in [2.24, 2.45) is 5.92 Å². The Bertz CT molecular complexity index is 76.6. The van der Waals surface area contributed by atoms with Gasteiger partial charge >= 0.3 is 0 Å². The molecule has 9 heavy (non-hydrogen) atoms. The average molecular weight is 127 g/mol. The summed E-state index contributed by atoms with van der Waals surface area (Å²) < 4.78 is 5.15. The number of unbranched alkanes of at least 4 members (excludes halogenated alkanes) is 1. The second kappa shape index (κ2) is 3.21. The van der Waals surface area contributed by atoms with Gasteiger partial charge in [-0.05, 0) is 12.3 Å². The molecule has 2 atom stereocenters. The lowest BCUT2D eigenvalue weighted by Gasteiger charge is -2.04. The van der Waals surface area contributed by atoms with Crippen molar-refractivity contribution < 1.29 is 4.74 Å². The van der Waals surface area contributed by atoms with Crippen molar-refractivity contribution in [3.8, 4) is 0 Å². The van der Waals surface area contributed by atoms with E-state index >= 15 is 0 Å². The zero-order valence-electron chi connectivity index (χ0n) is 6.10. The van der Waals surface area contributed by atoms with Crippen LogP contribution < -0.4 is 0 Å². The quantitative estimate of drug-likeness (QED) is 0.526. The minimum absolute atomic E-state index is 0.594. The fourth-order valence-corrected chi connectivity index (χ4v) is 1.04. The van der Waals surface area contributed by atoms with E-state index in [0.717, 1.165) is 18.9 Å². The summed E-state index contributed by atoms with van der Waals surface area (Å²) in [4.78, 5) is 0. The van der Waals surface area contributed by atoms with Crippen LogP contribution >= 0.6 is 0 Å². The van der Waals surface area contributed by atoms with Gasteiger partial charge in [-0.25, -0.2) is 0 Å².